The van der Waals surface area contributed by atoms with Crippen molar-refractivity contribution >= 4 is 11.6 Å². The van der Waals surface area contributed by atoms with E-state index >= 15 is 0 Å². The lowest BCUT2D eigenvalue weighted by molar-refractivity contribution is 0.0946. The Kier molecular flexibility index (Phi) is 3.72. The van der Waals surface area contributed by atoms with Crippen LogP contribution in [-0.2, 0) is 13.1 Å². The van der Waals surface area contributed by atoms with Crippen molar-refractivity contribution in [2.75, 3.05) is 12.3 Å². The van der Waals surface area contributed by atoms with Crippen LogP contribution in [0.2, 0.25) is 0 Å². The van der Waals surface area contributed by atoms with Crippen LogP contribution >= 0.6 is 0 Å². The fourth-order valence-electron chi connectivity index (χ4n) is 3.14. The second-order valence-electron chi connectivity index (χ2n) is 6.04. The molecule has 0 spiro atoms. The van der Waals surface area contributed by atoms with E-state index in [-0.39, 0.29) is 5.91 Å². The molecule has 1 aliphatic rings. The molecule has 0 saturated carbocycles. The van der Waals surface area contributed by atoms with Crippen LogP contribution in [0, 0.1) is 0 Å². The molecule has 0 bridgehead atoms. The lowest BCUT2D eigenvalue weighted by Crippen LogP contribution is -2.31. The standard InChI is InChI=1S/C19H17FN4O/c20-10-18-17(11-24(23-18)15-3-1-2-14(21)9-15)12-4-5-16-13(8-12)6-7-22-19(16)25/h1-5,8-9,11H,6-7,10,21H2,(H,22,25). The van der Waals surface area contributed by atoms with E-state index in [1.54, 1.807) is 29.1 Å². The molecule has 4 rings (SSSR count). The molecule has 2 heterocycles. The van der Waals surface area contributed by atoms with Gasteiger partial charge in [0.2, 0.25) is 0 Å². The zero-order valence-corrected chi connectivity index (χ0v) is 13.5. The Bertz CT molecular complexity index is 964. The van der Waals surface area contributed by atoms with E-state index in [4.69, 9.17) is 5.73 Å². The SMILES string of the molecule is Nc1cccc(-n2cc(-c3ccc4c(c3)CCNC4=O)c(CF)n2)c1. The number of anilines is 1. The number of carbonyl (C=O) groups excluding carboxylic acids is 1. The van der Waals surface area contributed by atoms with E-state index in [1.807, 2.05) is 24.3 Å². The van der Waals surface area contributed by atoms with Crippen LogP contribution in [0.5, 0.6) is 0 Å². The van der Waals surface area contributed by atoms with Gasteiger partial charge in [0.1, 0.15) is 12.4 Å². The zero-order chi connectivity index (χ0) is 17.4. The number of halogens is 1. The molecule has 126 valence electrons. The number of benzene rings is 2. The number of nitrogen functional groups attached to an aromatic ring is 1. The zero-order valence-electron chi connectivity index (χ0n) is 13.5. The monoisotopic (exact) mass is 336 g/mol. The van der Waals surface area contributed by atoms with Crippen LogP contribution in [0.1, 0.15) is 21.6 Å². The third kappa shape index (κ3) is 2.76. The van der Waals surface area contributed by atoms with Gasteiger partial charge in [-0.3, -0.25) is 4.79 Å². The molecule has 0 radical (unpaired) electrons. The maximum atomic E-state index is 13.5. The number of nitrogens with one attached hydrogen (secondary N) is 1. The minimum atomic E-state index is -0.664. The van der Waals surface area contributed by atoms with Gasteiger partial charge in [0, 0.05) is 29.6 Å². The van der Waals surface area contributed by atoms with E-state index < -0.39 is 6.67 Å². The van der Waals surface area contributed by atoms with Crippen molar-refractivity contribution in [3.8, 4) is 16.8 Å². The molecular formula is C19H17FN4O. The number of aromatic nitrogens is 2. The molecule has 0 unspecified atom stereocenters. The first-order valence-electron chi connectivity index (χ1n) is 8.07. The molecule has 0 fully saturated rings. The molecule has 6 heteroatoms. The maximum Gasteiger partial charge on any atom is 0.251 e. The Hall–Kier alpha value is -3.15. The number of hydrogen-bond donors (Lipinski definition) is 2. The number of rotatable bonds is 3. The first-order valence-corrected chi connectivity index (χ1v) is 8.07. The summed E-state index contributed by atoms with van der Waals surface area (Å²) in [5, 5.41) is 7.17. The van der Waals surface area contributed by atoms with Crippen LogP contribution in [0.15, 0.2) is 48.7 Å². The van der Waals surface area contributed by atoms with Crippen LogP contribution in [0.25, 0.3) is 16.8 Å². The predicted octanol–water partition coefficient (Wildman–Crippen LogP) is 2.88. The Balaban J connectivity index is 1.79. The normalized spacial score (nSPS) is 13.4. The summed E-state index contributed by atoms with van der Waals surface area (Å²) in [6.45, 7) is -0.0456. The number of hydrogen-bond acceptors (Lipinski definition) is 3. The minimum absolute atomic E-state index is 0.0611. The topological polar surface area (TPSA) is 72.9 Å². The molecule has 2 aromatic carbocycles. The smallest absolute Gasteiger partial charge is 0.251 e. The summed E-state index contributed by atoms with van der Waals surface area (Å²) in [4.78, 5) is 11.9. The molecule has 3 aromatic rings. The third-order valence-corrected chi connectivity index (χ3v) is 4.39. The second-order valence-corrected chi connectivity index (χ2v) is 6.04. The van der Waals surface area contributed by atoms with Gasteiger partial charge in [-0.15, -0.1) is 0 Å². The number of amides is 1. The number of alkyl halides is 1. The van der Waals surface area contributed by atoms with Crippen LogP contribution < -0.4 is 11.1 Å². The maximum absolute atomic E-state index is 13.5. The Labute approximate surface area is 144 Å². The van der Waals surface area contributed by atoms with Crippen LogP contribution in [0.4, 0.5) is 10.1 Å². The lowest BCUT2D eigenvalue weighted by Gasteiger charge is -2.17. The molecule has 1 aliphatic heterocycles. The van der Waals surface area contributed by atoms with Gasteiger partial charge in [-0.25, -0.2) is 9.07 Å². The van der Waals surface area contributed by atoms with Gasteiger partial charge in [-0.05, 0) is 41.8 Å². The van der Waals surface area contributed by atoms with Crippen molar-refractivity contribution in [1.29, 1.82) is 0 Å². The Morgan fingerprint density at radius 1 is 1.20 bits per heavy atom. The Morgan fingerprint density at radius 2 is 2.08 bits per heavy atom. The van der Waals surface area contributed by atoms with Crippen LogP contribution in [0.3, 0.4) is 0 Å². The van der Waals surface area contributed by atoms with E-state index in [1.165, 1.54) is 0 Å². The van der Waals surface area contributed by atoms with Crippen molar-refractivity contribution in [3.05, 3.63) is 65.5 Å². The van der Waals surface area contributed by atoms with E-state index in [0.29, 0.717) is 23.5 Å². The van der Waals surface area contributed by atoms with Crippen molar-refractivity contribution in [1.82, 2.24) is 15.1 Å². The summed E-state index contributed by atoms with van der Waals surface area (Å²) in [7, 11) is 0. The highest BCUT2D eigenvalue weighted by atomic mass is 19.1. The summed E-state index contributed by atoms with van der Waals surface area (Å²) in [5.74, 6) is -0.0611. The average Bonchev–Trinajstić information content (AvgIpc) is 3.06. The highest BCUT2D eigenvalue weighted by molar-refractivity contribution is 5.97. The molecule has 1 amide bonds. The van der Waals surface area contributed by atoms with Crippen molar-refractivity contribution in [3.63, 3.8) is 0 Å². The van der Waals surface area contributed by atoms with Crippen molar-refractivity contribution in [2.45, 2.75) is 13.1 Å². The van der Waals surface area contributed by atoms with Gasteiger partial charge in [0.05, 0.1) is 5.69 Å². The predicted molar refractivity (Wildman–Crippen MR) is 94.3 cm³/mol. The molecule has 1 aromatic heterocycles. The van der Waals surface area contributed by atoms with Crippen molar-refractivity contribution in [2.24, 2.45) is 0 Å². The minimum Gasteiger partial charge on any atom is -0.399 e. The van der Waals surface area contributed by atoms with Gasteiger partial charge >= 0.3 is 0 Å². The van der Waals surface area contributed by atoms with E-state index in [0.717, 1.165) is 28.8 Å². The van der Waals surface area contributed by atoms with Gasteiger partial charge in [0.15, 0.2) is 0 Å². The van der Waals surface area contributed by atoms with Crippen molar-refractivity contribution < 1.29 is 9.18 Å². The molecule has 5 nitrogen and oxygen atoms in total. The summed E-state index contributed by atoms with van der Waals surface area (Å²) in [6.07, 6.45) is 2.57. The average molecular weight is 336 g/mol. The molecule has 0 atom stereocenters. The fraction of sp³-hybridized carbons (Fsp3) is 0.158. The van der Waals surface area contributed by atoms with Gasteiger partial charge in [-0.1, -0.05) is 18.2 Å². The molecule has 0 saturated heterocycles. The largest absolute Gasteiger partial charge is 0.399 e. The highest BCUT2D eigenvalue weighted by Crippen LogP contribution is 2.28. The first kappa shape index (κ1) is 15.4. The quantitative estimate of drug-likeness (QED) is 0.722. The van der Waals surface area contributed by atoms with Crippen LogP contribution in [-0.4, -0.2) is 22.2 Å². The molecule has 25 heavy (non-hydrogen) atoms. The number of carbonyl (C=O) groups is 1. The molecular weight excluding hydrogens is 319 g/mol. The van der Waals surface area contributed by atoms with E-state index in [9.17, 15) is 9.18 Å². The second kappa shape index (κ2) is 6.05. The summed E-state index contributed by atoms with van der Waals surface area (Å²) < 4.78 is 15.1. The number of fused-ring (bicyclic) bond motifs is 1. The summed E-state index contributed by atoms with van der Waals surface area (Å²) in [6, 6.07) is 12.9. The van der Waals surface area contributed by atoms with Gasteiger partial charge in [-0.2, -0.15) is 5.10 Å². The van der Waals surface area contributed by atoms with E-state index in [2.05, 4.69) is 10.4 Å². The molecule has 3 N–H and O–H groups in total. The lowest BCUT2D eigenvalue weighted by atomic mass is 9.95. The molecule has 0 aliphatic carbocycles. The van der Waals surface area contributed by atoms with Gasteiger partial charge < -0.3 is 11.1 Å². The van der Waals surface area contributed by atoms with Gasteiger partial charge in [0.25, 0.3) is 5.91 Å². The number of nitrogens with zero attached hydrogens (tertiary/aromatic N) is 2. The summed E-state index contributed by atoms with van der Waals surface area (Å²) >= 11 is 0. The fourth-order valence-corrected chi connectivity index (χ4v) is 3.14. The first-order chi connectivity index (χ1) is 12.2. The third-order valence-electron chi connectivity index (χ3n) is 4.39. The highest BCUT2D eigenvalue weighted by Gasteiger charge is 2.19. The number of nitrogens with two attached hydrogens (primary N) is 1. The Morgan fingerprint density at radius 3 is 2.88 bits per heavy atom. The summed E-state index contributed by atoms with van der Waals surface area (Å²) in [5.41, 5.74) is 10.8.